The molecule has 1 atom stereocenters. The molecule has 1 aliphatic rings. The van der Waals surface area contributed by atoms with Gasteiger partial charge in [0.15, 0.2) is 4.80 Å². The zero-order valence-corrected chi connectivity index (χ0v) is 28.7. The molecule has 49 heavy (non-hydrogen) atoms. The van der Waals surface area contributed by atoms with Crippen LogP contribution in [0.3, 0.4) is 0 Å². The molecule has 1 aliphatic heterocycles. The number of aromatic nitrogens is 1. The Kier molecular flexibility index (Phi) is 9.77. The average Bonchev–Trinajstić information content (AvgIpc) is 3.68. The lowest BCUT2D eigenvalue weighted by Crippen LogP contribution is -2.40. The Labute approximate surface area is 287 Å². The van der Waals surface area contributed by atoms with E-state index in [1.807, 2.05) is 94.4 Å². The predicted octanol–water partition coefficient (Wildman–Crippen LogP) is 6.47. The third-order valence-electron chi connectivity index (χ3n) is 7.85. The summed E-state index contributed by atoms with van der Waals surface area (Å²) in [5.74, 6) is 0.799. The van der Waals surface area contributed by atoms with Gasteiger partial charge in [0.2, 0.25) is 0 Å². The van der Waals surface area contributed by atoms with Gasteiger partial charge in [-0.1, -0.05) is 59.9 Å². The predicted molar refractivity (Wildman–Crippen MR) is 188 cm³/mol. The van der Waals surface area contributed by atoms with Crippen LogP contribution in [-0.4, -0.2) is 35.8 Å². The number of esters is 2. The molecule has 0 saturated heterocycles. The second kappa shape index (κ2) is 14.3. The quantitative estimate of drug-likeness (QED) is 0.156. The van der Waals surface area contributed by atoms with Crippen LogP contribution in [0, 0.1) is 6.92 Å². The van der Waals surface area contributed by atoms with Crippen LogP contribution in [0.1, 0.15) is 66.5 Å². The van der Waals surface area contributed by atoms with Gasteiger partial charge in [-0.2, -0.15) is 0 Å². The molecule has 0 fully saturated rings. The molecule has 3 aromatic carbocycles. The van der Waals surface area contributed by atoms with Gasteiger partial charge in [-0.15, -0.1) is 0 Å². The van der Waals surface area contributed by atoms with E-state index in [0.29, 0.717) is 50.0 Å². The molecule has 5 aromatic rings. The van der Waals surface area contributed by atoms with Crippen molar-refractivity contribution in [3.8, 4) is 17.1 Å². The highest BCUT2D eigenvalue weighted by atomic mass is 32.1. The third kappa shape index (κ3) is 6.91. The first kappa shape index (κ1) is 33.4. The molecule has 9 nitrogen and oxygen atoms in total. The third-order valence-corrected chi connectivity index (χ3v) is 8.83. The van der Waals surface area contributed by atoms with Crippen molar-refractivity contribution in [1.82, 2.24) is 4.57 Å². The van der Waals surface area contributed by atoms with E-state index in [9.17, 15) is 14.4 Å². The van der Waals surface area contributed by atoms with Crippen molar-refractivity contribution in [2.45, 2.75) is 46.8 Å². The number of rotatable bonds is 10. The fraction of sp³-hybridized carbons (Fsp3) is 0.231. The molecule has 250 valence electrons. The number of fused-ring (bicyclic) bond motifs is 1. The number of ether oxygens (including phenoxy) is 3. The van der Waals surface area contributed by atoms with Crippen LogP contribution in [-0.2, 0) is 14.3 Å². The van der Waals surface area contributed by atoms with Gasteiger partial charge in [-0.25, -0.2) is 14.6 Å². The van der Waals surface area contributed by atoms with E-state index < -0.39 is 12.0 Å². The van der Waals surface area contributed by atoms with Gasteiger partial charge in [0.25, 0.3) is 5.56 Å². The van der Waals surface area contributed by atoms with Crippen LogP contribution in [0.15, 0.2) is 105 Å². The van der Waals surface area contributed by atoms with E-state index in [-0.39, 0.29) is 29.8 Å². The Morgan fingerprint density at radius 3 is 2.39 bits per heavy atom. The first-order chi connectivity index (χ1) is 23.7. The Balaban J connectivity index is 1.46. The molecular formula is C39H36N2O7S. The topological polar surface area (TPSA) is 109 Å². The number of hydrogen-bond acceptors (Lipinski definition) is 9. The summed E-state index contributed by atoms with van der Waals surface area (Å²) in [6, 6.07) is 24.9. The van der Waals surface area contributed by atoms with E-state index in [4.69, 9.17) is 23.6 Å². The van der Waals surface area contributed by atoms with Gasteiger partial charge < -0.3 is 18.6 Å². The standard InChI is InChI=1S/C39H36N2O7S/c1-6-45-28-16-13-26(14-17-28)35-33(38(44)46-7-2)34(25-11-9-8-10-12-25)40-39-41(35)36(42)32(49-39)22-29-18-20-31(48-29)30-19-15-27(21-24(30)5)37(43)47-23(3)4/h8-23,35H,6-7H2,1-5H3/b32-22-/t35-/m1/s1. The van der Waals surface area contributed by atoms with Gasteiger partial charge in [0.05, 0.1) is 46.7 Å². The van der Waals surface area contributed by atoms with Gasteiger partial charge in [0, 0.05) is 17.2 Å². The van der Waals surface area contributed by atoms with Crippen molar-refractivity contribution in [1.29, 1.82) is 0 Å². The Morgan fingerprint density at radius 2 is 1.71 bits per heavy atom. The summed E-state index contributed by atoms with van der Waals surface area (Å²) in [7, 11) is 0. The van der Waals surface area contributed by atoms with Crippen molar-refractivity contribution < 1.29 is 28.2 Å². The lowest BCUT2D eigenvalue weighted by molar-refractivity contribution is -0.138. The molecule has 10 heteroatoms. The minimum atomic E-state index is -0.806. The van der Waals surface area contributed by atoms with Crippen molar-refractivity contribution >= 4 is 35.0 Å². The Bertz CT molecular complexity index is 2220. The smallest absolute Gasteiger partial charge is 0.338 e. The maximum Gasteiger partial charge on any atom is 0.338 e. The number of nitrogens with zero attached hydrogens (tertiary/aromatic N) is 2. The van der Waals surface area contributed by atoms with E-state index in [1.54, 1.807) is 35.8 Å². The van der Waals surface area contributed by atoms with Crippen LogP contribution in [0.25, 0.3) is 23.1 Å². The maximum atomic E-state index is 14.2. The van der Waals surface area contributed by atoms with Crippen molar-refractivity contribution in [3.63, 3.8) is 0 Å². The highest BCUT2D eigenvalue weighted by Crippen LogP contribution is 2.36. The normalized spacial score (nSPS) is 14.4. The van der Waals surface area contributed by atoms with E-state index in [2.05, 4.69) is 0 Å². The molecule has 0 spiro atoms. The summed E-state index contributed by atoms with van der Waals surface area (Å²) < 4.78 is 24.7. The second-order valence-corrected chi connectivity index (χ2v) is 12.6. The Morgan fingerprint density at radius 1 is 0.959 bits per heavy atom. The van der Waals surface area contributed by atoms with Crippen LogP contribution in [0.4, 0.5) is 0 Å². The fourth-order valence-electron chi connectivity index (χ4n) is 5.72. The molecule has 0 bridgehead atoms. The molecular weight excluding hydrogens is 641 g/mol. The molecule has 3 heterocycles. The number of furan rings is 1. The first-order valence-corrected chi connectivity index (χ1v) is 16.9. The zero-order valence-electron chi connectivity index (χ0n) is 27.9. The van der Waals surface area contributed by atoms with Crippen LogP contribution < -0.4 is 19.6 Å². The van der Waals surface area contributed by atoms with Crippen molar-refractivity contribution in [3.05, 3.63) is 138 Å². The molecule has 0 unspecified atom stereocenters. The van der Waals surface area contributed by atoms with Gasteiger partial charge in [-0.05, 0) is 82.1 Å². The van der Waals surface area contributed by atoms with E-state index >= 15 is 0 Å². The molecule has 0 aliphatic carbocycles. The van der Waals surface area contributed by atoms with Gasteiger partial charge in [-0.3, -0.25) is 9.36 Å². The summed E-state index contributed by atoms with van der Waals surface area (Å²) in [6.45, 7) is 9.84. The lowest BCUT2D eigenvalue weighted by atomic mass is 9.93. The van der Waals surface area contributed by atoms with Crippen molar-refractivity contribution in [2.24, 2.45) is 4.99 Å². The van der Waals surface area contributed by atoms with E-state index in [0.717, 1.165) is 16.7 Å². The van der Waals surface area contributed by atoms with E-state index in [1.165, 1.54) is 11.3 Å². The molecule has 0 radical (unpaired) electrons. The molecule has 0 amide bonds. The Hall–Kier alpha value is -5.48. The zero-order chi connectivity index (χ0) is 34.7. The minimum absolute atomic E-state index is 0.163. The number of benzene rings is 3. The first-order valence-electron chi connectivity index (χ1n) is 16.1. The van der Waals surface area contributed by atoms with Crippen LogP contribution >= 0.6 is 11.3 Å². The van der Waals surface area contributed by atoms with Gasteiger partial charge >= 0.3 is 11.9 Å². The SMILES string of the molecule is CCOC(=O)C1=C(c2ccccc2)N=c2s/c(=C\c3ccc(-c4ccc(C(=O)OC(C)C)cc4C)o3)c(=O)n2[C@@H]1c1ccc(OCC)cc1. The molecule has 0 N–H and O–H groups in total. The second-order valence-electron chi connectivity index (χ2n) is 11.6. The number of thiazole rings is 1. The van der Waals surface area contributed by atoms with Gasteiger partial charge in [0.1, 0.15) is 17.3 Å². The summed E-state index contributed by atoms with van der Waals surface area (Å²) in [5.41, 5.74) is 3.95. The lowest BCUT2D eigenvalue weighted by Gasteiger charge is -2.26. The summed E-state index contributed by atoms with van der Waals surface area (Å²) >= 11 is 1.22. The summed E-state index contributed by atoms with van der Waals surface area (Å²) in [6.07, 6.45) is 1.46. The largest absolute Gasteiger partial charge is 0.494 e. The summed E-state index contributed by atoms with van der Waals surface area (Å²) in [5, 5.41) is 0. The minimum Gasteiger partial charge on any atom is -0.494 e. The molecule has 0 saturated carbocycles. The monoisotopic (exact) mass is 676 g/mol. The maximum absolute atomic E-state index is 14.2. The average molecular weight is 677 g/mol. The molecule has 2 aromatic heterocycles. The van der Waals surface area contributed by atoms with Crippen LogP contribution in [0.5, 0.6) is 5.75 Å². The van der Waals surface area contributed by atoms with Crippen molar-refractivity contribution in [2.75, 3.05) is 13.2 Å². The highest BCUT2D eigenvalue weighted by Gasteiger charge is 2.35. The number of hydrogen-bond donors (Lipinski definition) is 0. The van der Waals surface area contributed by atoms with Crippen LogP contribution in [0.2, 0.25) is 0 Å². The molecule has 6 rings (SSSR count). The number of carbonyl (C=O) groups is 2. The number of carbonyl (C=O) groups excluding carboxylic acids is 2. The number of aryl methyl sites for hydroxylation is 1. The highest BCUT2D eigenvalue weighted by molar-refractivity contribution is 7.07. The summed E-state index contributed by atoms with van der Waals surface area (Å²) in [4.78, 5) is 45.7. The fourth-order valence-corrected chi connectivity index (χ4v) is 6.70.